The molecule has 0 aromatic carbocycles. The van der Waals surface area contributed by atoms with Crippen LogP contribution in [0, 0.1) is 0 Å². The number of carboxylic acids is 1. The normalized spacial score (nSPS) is 12.8. The van der Waals surface area contributed by atoms with E-state index < -0.39 is 24.3 Å². The molecule has 0 aliphatic carbocycles. The molecular formula is C83H155NO8. The van der Waals surface area contributed by atoms with Crippen molar-refractivity contribution in [3.8, 4) is 0 Å². The Morgan fingerprint density at radius 1 is 0.337 bits per heavy atom. The van der Waals surface area contributed by atoms with E-state index in [2.05, 4.69) is 62.5 Å². The predicted octanol–water partition coefficient (Wildman–Crippen LogP) is 24.3. The number of esters is 2. The van der Waals surface area contributed by atoms with Crippen molar-refractivity contribution in [1.82, 2.24) is 0 Å². The van der Waals surface area contributed by atoms with Gasteiger partial charge in [-0.1, -0.05) is 390 Å². The number of hydrogen-bond acceptors (Lipinski definition) is 8. The number of rotatable bonds is 76. The summed E-state index contributed by atoms with van der Waals surface area (Å²) in [5.74, 6) is -2.25. The predicted molar refractivity (Wildman–Crippen MR) is 394 cm³/mol. The average molecular weight is 1300 g/mol. The zero-order chi connectivity index (χ0) is 66.8. The van der Waals surface area contributed by atoms with Crippen molar-refractivity contribution in [2.24, 2.45) is 0 Å². The van der Waals surface area contributed by atoms with Crippen molar-refractivity contribution in [3.05, 3.63) is 48.6 Å². The van der Waals surface area contributed by atoms with Crippen LogP contribution in [0.3, 0.4) is 0 Å². The van der Waals surface area contributed by atoms with Gasteiger partial charge in [-0.3, -0.25) is 9.59 Å². The number of nitrogens with zero attached hydrogens (tertiary/aromatic N) is 1. The number of carboxylic acid groups (broad SMARTS) is 1. The molecule has 92 heavy (non-hydrogen) atoms. The standard InChI is InChI=1S/C83H155NO8/c1-6-8-10-12-14-16-18-20-22-24-26-28-30-32-34-36-38-39-40-41-42-44-45-47-49-51-53-55-57-59-61-63-65-67-69-71-73-80(85)90-77-79(78-91-83(82(87)88)89-76-75-84(3,4)5)92-81(86)74-72-70-68-66-64-62-60-58-56-54-52-50-48-46-43-37-35-33-31-29-27-25-23-21-19-17-15-13-11-9-7-2/h9,11,15,17,21,23,27,29,79,83H,6-8,10,12-14,16,18-20,22,24-26,28,30-78H2,1-5H3/b11-9-,17-15-,23-21-,29-27-. The SMILES string of the molecule is CC/C=C\C/C=C\C/C=C\C/C=C\CCCCCCCCCCCCCCCCCCCCC(=O)OC(COC(=O)CCCCCCCCCCCCCCCCCCCCCCCCCCCCCCCCCCCCCC)COC(OCC[N+](C)(C)C)C(=O)[O-]. The first kappa shape index (κ1) is 89.2. The van der Waals surface area contributed by atoms with Gasteiger partial charge in [0.05, 0.1) is 40.3 Å². The second-order valence-corrected chi connectivity index (χ2v) is 28.7. The maximum Gasteiger partial charge on any atom is 0.306 e. The highest BCUT2D eigenvalue weighted by Crippen LogP contribution is 2.20. The first-order chi connectivity index (χ1) is 45.1. The van der Waals surface area contributed by atoms with Crippen LogP contribution in [0.2, 0.25) is 0 Å². The largest absolute Gasteiger partial charge is 0.545 e. The quantitative estimate of drug-likeness (QED) is 0.0195. The van der Waals surface area contributed by atoms with Gasteiger partial charge in [-0.25, -0.2) is 0 Å². The monoisotopic (exact) mass is 1290 g/mol. The summed E-state index contributed by atoms with van der Waals surface area (Å²) < 4.78 is 22.9. The van der Waals surface area contributed by atoms with E-state index in [1.54, 1.807) is 0 Å². The molecular weight excluding hydrogens is 1140 g/mol. The molecule has 540 valence electrons. The minimum atomic E-state index is -1.62. The van der Waals surface area contributed by atoms with E-state index in [1.807, 2.05) is 21.1 Å². The Labute approximate surface area is 572 Å². The Bertz CT molecular complexity index is 1650. The lowest BCUT2D eigenvalue weighted by Gasteiger charge is -2.26. The molecule has 0 N–H and O–H groups in total. The zero-order valence-electron chi connectivity index (χ0n) is 61.9. The summed E-state index contributed by atoms with van der Waals surface area (Å²) in [4.78, 5) is 37.6. The summed E-state index contributed by atoms with van der Waals surface area (Å²) in [6, 6.07) is 0. The van der Waals surface area contributed by atoms with Gasteiger partial charge in [-0.05, 0) is 51.4 Å². The number of ether oxygens (including phenoxy) is 4. The molecule has 2 unspecified atom stereocenters. The molecule has 2 atom stereocenters. The first-order valence-corrected chi connectivity index (χ1v) is 40.3. The molecule has 0 saturated carbocycles. The molecule has 0 saturated heterocycles. The maximum absolute atomic E-state index is 13.0. The van der Waals surface area contributed by atoms with E-state index >= 15 is 0 Å². The third kappa shape index (κ3) is 74.6. The van der Waals surface area contributed by atoms with Crippen molar-refractivity contribution in [2.45, 2.75) is 418 Å². The minimum absolute atomic E-state index is 0.150. The zero-order valence-corrected chi connectivity index (χ0v) is 61.9. The van der Waals surface area contributed by atoms with E-state index in [1.165, 1.54) is 315 Å². The summed E-state index contributed by atoms with van der Waals surface area (Å²) in [5, 5.41) is 11.9. The minimum Gasteiger partial charge on any atom is -0.545 e. The number of likely N-dealkylation sites (N-methyl/N-ethyl adjacent to an activating group) is 1. The molecule has 0 rings (SSSR count). The lowest BCUT2D eigenvalue weighted by Crippen LogP contribution is -2.44. The molecule has 0 aromatic heterocycles. The second-order valence-electron chi connectivity index (χ2n) is 28.7. The van der Waals surface area contributed by atoms with Crippen molar-refractivity contribution < 1.29 is 42.9 Å². The first-order valence-electron chi connectivity index (χ1n) is 40.3. The van der Waals surface area contributed by atoms with Crippen molar-refractivity contribution in [2.75, 3.05) is 47.5 Å². The highest BCUT2D eigenvalue weighted by molar-refractivity contribution is 5.70. The van der Waals surface area contributed by atoms with Gasteiger partial charge in [-0.15, -0.1) is 0 Å². The summed E-state index contributed by atoms with van der Waals surface area (Å²) in [6.45, 7) is 4.71. The maximum atomic E-state index is 13.0. The fourth-order valence-electron chi connectivity index (χ4n) is 12.2. The average Bonchev–Trinajstić information content (AvgIpc) is 3.70. The topological polar surface area (TPSA) is 111 Å². The Morgan fingerprint density at radius 2 is 0.620 bits per heavy atom. The van der Waals surface area contributed by atoms with Crippen LogP contribution >= 0.6 is 0 Å². The molecule has 0 amide bonds. The van der Waals surface area contributed by atoms with Gasteiger partial charge in [0.15, 0.2) is 12.4 Å². The number of quaternary nitrogens is 1. The van der Waals surface area contributed by atoms with Gasteiger partial charge in [0.25, 0.3) is 0 Å². The lowest BCUT2D eigenvalue weighted by atomic mass is 10.0. The number of unbranched alkanes of at least 4 members (excludes halogenated alkanes) is 53. The van der Waals surface area contributed by atoms with E-state index in [9.17, 15) is 19.5 Å². The fraction of sp³-hybridized carbons (Fsp3) is 0.867. The lowest BCUT2D eigenvalue weighted by molar-refractivity contribution is -0.870. The number of carbonyl (C=O) groups excluding carboxylic acids is 3. The Hall–Kier alpha value is -2.75. The van der Waals surface area contributed by atoms with E-state index in [0.29, 0.717) is 23.9 Å². The number of hydrogen-bond donors (Lipinski definition) is 0. The molecule has 0 bridgehead atoms. The van der Waals surface area contributed by atoms with Crippen LogP contribution in [0.4, 0.5) is 0 Å². The third-order valence-electron chi connectivity index (χ3n) is 18.3. The molecule has 0 aliphatic heterocycles. The van der Waals surface area contributed by atoms with Crippen LogP contribution in [0.25, 0.3) is 0 Å². The molecule has 0 aromatic rings. The van der Waals surface area contributed by atoms with Gasteiger partial charge in [-0.2, -0.15) is 0 Å². The van der Waals surface area contributed by atoms with Crippen LogP contribution in [0.1, 0.15) is 406 Å². The molecule has 0 radical (unpaired) electrons. The number of aliphatic carboxylic acids is 1. The van der Waals surface area contributed by atoms with E-state index in [0.717, 1.165) is 57.8 Å². The fourth-order valence-corrected chi connectivity index (χ4v) is 12.2. The van der Waals surface area contributed by atoms with Gasteiger partial charge >= 0.3 is 11.9 Å². The smallest absolute Gasteiger partial charge is 0.306 e. The van der Waals surface area contributed by atoms with Gasteiger partial charge < -0.3 is 33.3 Å². The van der Waals surface area contributed by atoms with E-state index in [4.69, 9.17) is 18.9 Å². The second kappa shape index (κ2) is 74.0. The van der Waals surface area contributed by atoms with Crippen LogP contribution in [0.15, 0.2) is 48.6 Å². The third-order valence-corrected chi connectivity index (χ3v) is 18.3. The molecule has 9 heteroatoms. The van der Waals surface area contributed by atoms with Gasteiger partial charge in [0.1, 0.15) is 13.2 Å². The molecule has 0 aliphatic rings. The number of allylic oxidation sites excluding steroid dienone is 8. The van der Waals surface area contributed by atoms with Gasteiger partial charge in [0.2, 0.25) is 0 Å². The summed E-state index contributed by atoms with van der Waals surface area (Å²) in [6.07, 6.45) is 93.9. The van der Waals surface area contributed by atoms with E-state index in [-0.39, 0.29) is 32.2 Å². The van der Waals surface area contributed by atoms with Crippen LogP contribution in [-0.4, -0.2) is 82.3 Å². The summed E-state index contributed by atoms with van der Waals surface area (Å²) >= 11 is 0. The highest BCUT2D eigenvalue weighted by Gasteiger charge is 2.22. The van der Waals surface area contributed by atoms with Crippen LogP contribution in [-0.2, 0) is 33.3 Å². The Balaban J connectivity index is 3.96. The molecule has 0 heterocycles. The number of carbonyl (C=O) groups is 3. The van der Waals surface area contributed by atoms with Crippen LogP contribution in [0.5, 0.6) is 0 Å². The summed E-state index contributed by atoms with van der Waals surface area (Å²) in [7, 11) is 5.95. The Morgan fingerprint density at radius 3 is 0.924 bits per heavy atom. The van der Waals surface area contributed by atoms with Crippen molar-refractivity contribution in [3.63, 3.8) is 0 Å². The van der Waals surface area contributed by atoms with Crippen molar-refractivity contribution >= 4 is 17.9 Å². The molecule has 0 spiro atoms. The highest BCUT2D eigenvalue weighted by atomic mass is 16.7. The van der Waals surface area contributed by atoms with Crippen LogP contribution < -0.4 is 5.11 Å². The molecule has 0 fully saturated rings. The van der Waals surface area contributed by atoms with Gasteiger partial charge in [0, 0.05) is 12.8 Å². The van der Waals surface area contributed by atoms with Crippen molar-refractivity contribution in [1.29, 1.82) is 0 Å². The molecule has 9 nitrogen and oxygen atoms in total. The summed E-state index contributed by atoms with van der Waals surface area (Å²) in [5.41, 5.74) is 0. The Kier molecular flexibility index (Phi) is 71.8.